The second-order valence-electron chi connectivity index (χ2n) is 4.08. The lowest BCUT2D eigenvalue weighted by Crippen LogP contribution is -2.03. The standard InChI is InChI=1S/C15H12BrClO2/c1-19-15-7-4-11(9-13(15)16)14(18)8-10-2-5-12(17)6-3-10/h2-7,9H,8H2,1H3. The monoisotopic (exact) mass is 338 g/mol. The van der Waals surface area contributed by atoms with Crippen LogP contribution in [0, 0.1) is 0 Å². The van der Waals surface area contributed by atoms with Crippen molar-refractivity contribution in [2.75, 3.05) is 7.11 Å². The maximum absolute atomic E-state index is 12.2. The van der Waals surface area contributed by atoms with Crippen LogP contribution in [0.3, 0.4) is 0 Å². The molecule has 4 heteroatoms. The van der Waals surface area contributed by atoms with E-state index in [4.69, 9.17) is 16.3 Å². The van der Waals surface area contributed by atoms with Crippen LogP contribution in [0.4, 0.5) is 0 Å². The zero-order chi connectivity index (χ0) is 13.8. The first-order valence-corrected chi connectivity index (χ1v) is 6.88. The minimum absolute atomic E-state index is 0.0608. The van der Waals surface area contributed by atoms with E-state index in [0.717, 1.165) is 10.0 Å². The van der Waals surface area contributed by atoms with Crippen LogP contribution in [0.1, 0.15) is 15.9 Å². The van der Waals surface area contributed by atoms with Crippen molar-refractivity contribution in [1.82, 2.24) is 0 Å². The van der Waals surface area contributed by atoms with Gasteiger partial charge in [0.2, 0.25) is 0 Å². The van der Waals surface area contributed by atoms with Crippen molar-refractivity contribution in [3.63, 3.8) is 0 Å². The average molecular weight is 340 g/mol. The summed E-state index contributed by atoms with van der Waals surface area (Å²) in [7, 11) is 1.59. The third kappa shape index (κ3) is 3.58. The van der Waals surface area contributed by atoms with Gasteiger partial charge in [-0.05, 0) is 51.8 Å². The molecular weight excluding hydrogens is 328 g/mol. The van der Waals surface area contributed by atoms with E-state index >= 15 is 0 Å². The maximum Gasteiger partial charge on any atom is 0.167 e. The van der Waals surface area contributed by atoms with Crippen molar-refractivity contribution in [3.05, 3.63) is 63.1 Å². The van der Waals surface area contributed by atoms with Crippen LogP contribution in [0.15, 0.2) is 46.9 Å². The largest absolute Gasteiger partial charge is 0.496 e. The Morgan fingerprint density at radius 1 is 1.21 bits per heavy atom. The summed E-state index contributed by atoms with van der Waals surface area (Å²) in [6.07, 6.45) is 0.357. The normalized spacial score (nSPS) is 10.3. The third-order valence-electron chi connectivity index (χ3n) is 2.75. The van der Waals surface area contributed by atoms with Crippen molar-refractivity contribution in [1.29, 1.82) is 0 Å². The Bertz CT molecular complexity index is 594. The Labute approximate surface area is 125 Å². The Hall–Kier alpha value is -1.32. The van der Waals surface area contributed by atoms with E-state index in [1.54, 1.807) is 37.4 Å². The van der Waals surface area contributed by atoms with Crippen molar-refractivity contribution >= 4 is 33.3 Å². The molecule has 2 aromatic carbocycles. The van der Waals surface area contributed by atoms with Gasteiger partial charge in [0, 0.05) is 17.0 Å². The highest BCUT2D eigenvalue weighted by atomic mass is 79.9. The van der Waals surface area contributed by atoms with Crippen molar-refractivity contribution in [3.8, 4) is 5.75 Å². The maximum atomic E-state index is 12.2. The molecule has 2 nitrogen and oxygen atoms in total. The van der Waals surface area contributed by atoms with Gasteiger partial charge in [0.1, 0.15) is 5.75 Å². The Morgan fingerprint density at radius 3 is 2.47 bits per heavy atom. The molecule has 0 bridgehead atoms. The van der Waals surface area contributed by atoms with Gasteiger partial charge in [-0.3, -0.25) is 4.79 Å². The van der Waals surface area contributed by atoms with Crippen molar-refractivity contribution < 1.29 is 9.53 Å². The smallest absolute Gasteiger partial charge is 0.167 e. The number of carbonyl (C=O) groups is 1. The Balaban J connectivity index is 2.16. The number of benzene rings is 2. The molecule has 98 valence electrons. The summed E-state index contributed by atoms with van der Waals surface area (Å²) in [6.45, 7) is 0. The molecule has 0 saturated carbocycles. The highest BCUT2D eigenvalue weighted by molar-refractivity contribution is 9.10. The van der Waals surface area contributed by atoms with E-state index in [1.165, 1.54) is 0 Å². The highest BCUT2D eigenvalue weighted by Crippen LogP contribution is 2.26. The molecule has 0 heterocycles. The number of ether oxygens (including phenoxy) is 1. The molecule has 0 aliphatic rings. The topological polar surface area (TPSA) is 26.3 Å². The summed E-state index contributed by atoms with van der Waals surface area (Å²) in [5, 5.41) is 0.670. The molecule has 0 saturated heterocycles. The molecule has 0 aliphatic heterocycles. The third-order valence-corrected chi connectivity index (χ3v) is 3.62. The summed E-state index contributed by atoms with van der Waals surface area (Å²) >= 11 is 9.19. The summed E-state index contributed by atoms with van der Waals surface area (Å²) in [6, 6.07) is 12.6. The summed E-state index contributed by atoms with van der Waals surface area (Å²) in [5.41, 5.74) is 1.60. The molecule has 0 unspecified atom stereocenters. The Morgan fingerprint density at radius 2 is 1.89 bits per heavy atom. The van der Waals surface area contributed by atoms with Gasteiger partial charge in [0.05, 0.1) is 11.6 Å². The molecule has 19 heavy (non-hydrogen) atoms. The molecule has 0 atom stereocenters. The summed E-state index contributed by atoms with van der Waals surface area (Å²) in [4.78, 5) is 12.2. The number of rotatable bonds is 4. The fourth-order valence-electron chi connectivity index (χ4n) is 1.73. The van der Waals surface area contributed by atoms with E-state index in [0.29, 0.717) is 22.8 Å². The van der Waals surface area contributed by atoms with Gasteiger partial charge < -0.3 is 4.74 Å². The zero-order valence-electron chi connectivity index (χ0n) is 10.3. The van der Waals surface area contributed by atoms with E-state index in [9.17, 15) is 4.79 Å². The zero-order valence-corrected chi connectivity index (χ0v) is 12.7. The molecular formula is C15H12BrClO2. The number of hydrogen-bond acceptors (Lipinski definition) is 2. The fourth-order valence-corrected chi connectivity index (χ4v) is 2.40. The lowest BCUT2D eigenvalue weighted by molar-refractivity contribution is 0.0993. The molecule has 0 amide bonds. The van der Waals surface area contributed by atoms with Gasteiger partial charge in [-0.1, -0.05) is 23.7 Å². The van der Waals surface area contributed by atoms with E-state index < -0.39 is 0 Å². The number of ketones is 1. The summed E-state index contributed by atoms with van der Waals surface area (Å²) in [5.74, 6) is 0.772. The molecule has 0 fully saturated rings. The van der Waals surface area contributed by atoms with Crippen LogP contribution in [0.25, 0.3) is 0 Å². The van der Waals surface area contributed by atoms with Gasteiger partial charge in [-0.15, -0.1) is 0 Å². The van der Waals surface area contributed by atoms with Crippen LogP contribution in [-0.4, -0.2) is 12.9 Å². The second-order valence-corrected chi connectivity index (χ2v) is 5.37. The first-order chi connectivity index (χ1) is 9.10. The highest BCUT2D eigenvalue weighted by Gasteiger charge is 2.09. The predicted octanol–water partition coefficient (Wildman–Crippen LogP) is 4.54. The van der Waals surface area contributed by atoms with Crippen molar-refractivity contribution in [2.24, 2.45) is 0 Å². The van der Waals surface area contributed by atoms with Gasteiger partial charge in [-0.2, -0.15) is 0 Å². The van der Waals surface area contributed by atoms with Gasteiger partial charge >= 0.3 is 0 Å². The molecule has 0 aromatic heterocycles. The van der Waals surface area contributed by atoms with Crippen LogP contribution < -0.4 is 4.74 Å². The van der Waals surface area contributed by atoms with Crippen LogP contribution in [0.5, 0.6) is 5.75 Å². The molecule has 0 N–H and O–H groups in total. The summed E-state index contributed by atoms with van der Waals surface area (Å²) < 4.78 is 5.91. The minimum atomic E-state index is 0.0608. The van der Waals surface area contributed by atoms with Crippen LogP contribution in [0.2, 0.25) is 5.02 Å². The SMILES string of the molecule is COc1ccc(C(=O)Cc2ccc(Cl)cc2)cc1Br. The fraction of sp³-hybridized carbons (Fsp3) is 0.133. The van der Waals surface area contributed by atoms with Gasteiger partial charge in [0.15, 0.2) is 5.78 Å². The molecule has 2 aromatic rings. The minimum Gasteiger partial charge on any atom is -0.496 e. The molecule has 0 aliphatic carbocycles. The predicted molar refractivity (Wildman–Crippen MR) is 80.2 cm³/mol. The van der Waals surface area contributed by atoms with Crippen LogP contribution in [-0.2, 0) is 6.42 Å². The number of methoxy groups -OCH3 is 1. The second kappa shape index (κ2) is 6.22. The Kier molecular flexibility index (Phi) is 4.61. The molecule has 2 rings (SSSR count). The number of carbonyl (C=O) groups excluding carboxylic acids is 1. The van der Waals surface area contributed by atoms with E-state index in [2.05, 4.69) is 15.9 Å². The van der Waals surface area contributed by atoms with E-state index in [1.807, 2.05) is 12.1 Å². The van der Waals surface area contributed by atoms with E-state index in [-0.39, 0.29) is 5.78 Å². The van der Waals surface area contributed by atoms with Gasteiger partial charge in [0.25, 0.3) is 0 Å². The van der Waals surface area contributed by atoms with Gasteiger partial charge in [-0.25, -0.2) is 0 Å². The van der Waals surface area contributed by atoms with Crippen molar-refractivity contribution in [2.45, 2.75) is 6.42 Å². The quantitative estimate of drug-likeness (QED) is 0.765. The lowest BCUT2D eigenvalue weighted by Gasteiger charge is -2.06. The number of halogens is 2. The van der Waals surface area contributed by atoms with Crippen LogP contribution >= 0.6 is 27.5 Å². The first kappa shape index (κ1) is 14.1. The lowest BCUT2D eigenvalue weighted by atomic mass is 10.0. The first-order valence-electron chi connectivity index (χ1n) is 5.71. The molecule has 0 radical (unpaired) electrons. The number of Topliss-reactive ketones (excluding diaryl/α,β-unsaturated/α-hetero) is 1. The average Bonchev–Trinajstić information content (AvgIpc) is 2.41. The number of hydrogen-bond donors (Lipinski definition) is 0. The molecule has 0 spiro atoms.